The second-order valence-electron chi connectivity index (χ2n) is 10.3. The van der Waals surface area contributed by atoms with Crippen LogP contribution < -0.4 is 0 Å². The molecule has 1 saturated heterocycles. The van der Waals surface area contributed by atoms with Crippen LogP contribution in [0.2, 0.25) is 0 Å². The van der Waals surface area contributed by atoms with E-state index in [1.54, 1.807) is 6.92 Å². The van der Waals surface area contributed by atoms with Crippen LogP contribution in [0.4, 0.5) is 4.79 Å². The summed E-state index contributed by atoms with van der Waals surface area (Å²) in [7, 11) is 0. The van der Waals surface area contributed by atoms with Gasteiger partial charge in [0, 0.05) is 52.2 Å². The number of nitrogens with zero attached hydrogens (tertiary/aromatic N) is 3. The van der Waals surface area contributed by atoms with E-state index in [-0.39, 0.29) is 12.0 Å². The Kier molecular flexibility index (Phi) is 8.80. The fraction of sp³-hybridized carbons (Fsp3) is 0.913. The summed E-state index contributed by atoms with van der Waals surface area (Å²) in [6.07, 6.45) is 6.22. The van der Waals surface area contributed by atoms with E-state index in [9.17, 15) is 9.59 Å². The molecule has 0 aromatic heterocycles. The van der Waals surface area contributed by atoms with E-state index < -0.39 is 5.60 Å². The second-order valence-corrected chi connectivity index (χ2v) is 10.3. The van der Waals surface area contributed by atoms with Crippen LogP contribution in [0, 0.1) is 11.8 Å². The van der Waals surface area contributed by atoms with Gasteiger partial charge in [0.1, 0.15) is 5.60 Å². The lowest BCUT2D eigenvalue weighted by atomic mass is 9.82. The molecule has 0 N–H and O–H groups in total. The van der Waals surface area contributed by atoms with Crippen LogP contribution in [-0.2, 0) is 9.53 Å². The number of ether oxygens (including phenoxy) is 1. The molecular formula is C23H43N3O3. The molecule has 6 nitrogen and oxygen atoms in total. The zero-order chi connectivity index (χ0) is 21.6. The van der Waals surface area contributed by atoms with Gasteiger partial charge in [-0.2, -0.15) is 0 Å². The summed E-state index contributed by atoms with van der Waals surface area (Å²) in [4.78, 5) is 31.1. The fourth-order valence-electron chi connectivity index (χ4n) is 4.64. The van der Waals surface area contributed by atoms with E-state index in [1.807, 2.05) is 30.6 Å². The molecule has 2 amide bonds. The maximum atomic E-state index is 12.4. The third-order valence-electron chi connectivity index (χ3n) is 6.07. The van der Waals surface area contributed by atoms with Gasteiger partial charge in [-0.25, -0.2) is 4.79 Å². The molecule has 0 spiro atoms. The lowest BCUT2D eigenvalue weighted by Gasteiger charge is -2.45. The Morgan fingerprint density at radius 2 is 1.59 bits per heavy atom. The average Bonchev–Trinajstić information content (AvgIpc) is 2.64. The lowest BCUT2D eigenvalue weighted by Crippen LogP contribution is -2.57. The number of carbonyl (C=O) groups is 2. The Bertz CT molecular complexity index is 530. The minimum atomic E-state index is -0.461. The molecule has 2 fully saturated rings. The van der Waals surface area contributed by atoms with Crippen LogP contribution in [0.1, 0.15) is 73.6 Å². The summed E-state index contributed by atoms with van der Waals surface area (Å²) >= 11 is 0. The van der Waals surface area contributed by atoms with E-state index >= 15 is 0 Å². The predicted molar refractivity (Wildman–Crippen MR) is 117 cm³/mol. The van der Waals surface area contributed by atoms with Crippen molar-refractivity contribution in [2.45, 2.75) is 85.3 Å². The first-order valence-corrected chi connectivity index (χ1v) is 11.5. The van der Waals surface area contributed by atoms with Crippen molar-refractivity contribution in [3.8, 4) is 0 Å². The standard InChI is InChI=1S/C23H43N3O3/c1-18(2)16-26(19(3)27)17-21(20-10-8-7-9-11-20)24-12-14-25(15-13-24)22(28)29-23(4,5)6/h18,20-21H,7-17H2,1-6H3. The molecule has 1 atom stereocenters. The van der Waals surface area contributed by atoms with Crippen molar-refractivity contribution in [1.29, 1.82) is 0 Å². The van der Waals surface area contributed by atoms with E-state index in [0.29, 0.717) is 31.0 Å². The van der Waals surface area contributed by atoms with Crippen LogP contribution in [-0.4, -0.2) is 77.6 Å². The lowest BCUT2D eigenvalue weighted by molar-refractivity contribution is -0.130. The van der Waals surface area contributed by atoms with Crippen LogP contribution >= 0.6 is 0 Å². The van der Waals surface area contributed by atoms with Crippen molar-refractivity contribution < 1.29 is 14.3 Å². The topological polar surface area (TPSA) is 53.1 Å². The summed E-state index contributed by atoms with van der Waals surface area (Å²) in [6.45, 7) is 16.5. The van der Waals surface area contributed by atoms with Crippen molar-refractivity contribution in [1.82, 2.24) is 14.7 Å². The van der Waals surface area contributed by atoms with Gasteiger partial charge in [-0.15, -0.1) is 0 Å². The molecule has 1 saturated carbocycles. The van der Waals surface area contributed by atoms with Gasteiger partial charge in [-0.1, -0.05) is 33.1 Å². The van der Waals surface area contributed by atoms with Crippen LogP contribution in [0.15, 0.2) is 0 Å². The zero-order valence-electron chi connectivity index (χ0n) is 19.6. The van der Waals surface area contributed by atoms with Gasteiger partial charge >= 0.3 is 6.09 Å². The Labute approximate surface area is 177 Å². The first-order valence-electron chi connectivity index (χ1n) is 11.5. The van der Waals surface area contributed by atoms with Gasteiger partial charge in [-0.3, -0.25) is 9.69 Å². The third kappa shape index (κ3) is 7.80. The molecule has 6 heteroatoms. The van der Waals surface area contributed by atoms with Crippen molar-refractivity contribution >= 4 is 12.0 Å². The molecule has 1 aliphatic heterocycles. The SMILES string of the molecule is CC(=O)N(CC(C)C)CC(C1CCCCC1)N1CCN(C(=O)OC(C)(C)C)CC1. The first kappa shape index (κ1) is 24.0. The quantitative estimate of drug-likeness (QED) is 0.665. The van der Waals surface area contributed by atoms with Gasteiger partial charge in [0.15, 0.2) is 0 Å². The number of rotatable bonds is 6. The normalized spacial score (nSPS) is 20.6. The van der Waals surface area contributed by atoms with Crippen LogP contribution in [0.5, 0.6) is 0 Å². The summed E-state index contributed by atoms with van der Waals surface area (Å²) < 4.78 is 5.54. The molecule has 1 heterocycles. The third-order valence-corrected chi connectivity index (χ3v) is 6.07. The number of amides is 2. The summed E-state index contributed by atoms with van der Waals surface area (Å²) in [5.41, 5.74) is -0.461. The highest BCUT2D eigenvalue weighted by molar-refractivity contribution is 5.73. The van der Waals surface area contributed by atoms with Gasteiger partial charge in [0.25, 0.3) is 0 Å². The number of hydrogen-bond donors (Lipinski definition) is 0. The van der Waals surface area contributed by atoms with Gasteiger partial charge in [0.05, 0.1) is 0 Å². The number of piperazine rings is 1. The molecule has 0 aromatic rings. The Morgan fingerprint density at radius 1 is 1.00 bits per heavy atom. The molecule has 2 rings (SSSR count). The van der Waals surface area contributed by atoms with E-state index in [4.69, 9.17) is 4.74 Å². The summed E-state index contributed by atoms with van der Waals surface area (Å²) in [5, 5.41) is 0. The molecule has 0 aromatic carbocycles. The molecule has 168 valence electrons. The van der Waals surface area contributed by atoms with E-state index in [0.717, 1.165) is 26.2 Å². The highest BCUT2D eigenvalue weighted by Gasteiger charge is 2.34. The van der Waals surface area contributed by atoms with Crippen molar-refractivity contribution in [3.63, 3.8) is 0 Å². The first-order chi connectivity index (χ1) is 13.6. The molecule has 2 aliphatic rings. The second kappa shape index (κ2) is 10.6. The van der Waals surface area contributed by atoms with Crippen molar-refractivity contribution in [2.75, 3.05) is 39.3 Å². The van der Waals surface area contributed by atoms with E-state index in [2.05, 4.69) is 18.7 Å². The molecule has 1 unspecified atom stereocenters. The van der Waals surface area contributed by atoms with E-state index in [1.165, 1.54) is 32.1 Å². The predicted octanol–water partition coefficient (Wildman–Crippen LogP) is 3.99. The maximum absolute atomic E-state index is 12.4. The number of carbonyl (C=O) groups excluding carboxylic acids is 2. The number of hydrogen-bond acceptors (Lipinski definition) is 4. The summed E-state index contributed by atoms with van der Waals surface area (Å²) in [5.74, 6) is 1.28. The minimum absolute atomic E-state index is 0.173. The Balaban J connectivity index is 2.03. The van der Waals surface area contributed by atoms with Crippen molar-refractivity contribution in [2.24, 2.45) is 11.8 Å². The molecular weight excluding hydrogens is 366 g/mol. The summed E-state index contributed by atoms with van der Waals surface area (Å²) in [6, 6.07) is 0.388. The molecule has 0 radical (unpaired) electrons. The maximum Gasteiger partial charge on any atom is 0.410 e. The van der Waals surface area contributed by atoms with Crippen molar-refractivity contribution in [3.05, 3.63) is 0 Å². The fourth-order valence-corrected chi connectivity index (χ4v) is 4.64. The zero-order valence-corrected chi connectivity index (χ0v) is 19.6. The molecule has 0 bridgehead atoms. The highest BCUT2D eigenvalue weighted by atomic mass is 16.6. The average molecular weight is 410 g/mol. The van der Waals surface area contributed by atoms with Gasteiger partial charge in [-0.05, 0) is 45.4 Å². The highest BCUT2D eigenvalue weighted by Crippen LogP contribution is 2.30. The van der Waals surface area contributed by atoms with Crippen LogP contribution in [0.25, 0.3) is 0 Å². The van der Waals surface area contributed by atoms with Gasteiger partial charge < -0.3 is 14.5 Å². The molecule has 29 heavy (non-hydrogen) atoms. The Morgan fingerprint density at radius 3 is 2.07 bits per heavy atom. The Hall–Kier alpha value is -1.30. The monoisotopic (exact) mass is 409 g/mol. The molecule has 1 aliphatic carbocycles. The minimum Gasteiger partial charge on any atom is -0.444 e. The smallest absolute Gasteiger partial charge is 0.410 e. The largest absolute Gasteiger partial charge is 0.444 e. The van der Waals surface area contributed by atoms with Gasteiger partial charge in [0.2, 0.25) is 5.91 Å². The van der Waals surface area contributed by atoms with Crippen LogP contribution in [0.3, 0.4) is 0 Å².